The molecular weight excluding hydrogens is 268 g/mol. The molecule has 0 bridgehead atoms. The highest BCUT2D eigenvalue weighted by Crippen LogP contribution is 2.25. The third-order valence-corrected chi connectivity index (χ3v) is 3.38. The van der Waals surface area contributed by atoms with Crippen LogP contribution in [-0.4, -0.2) is 29.8 Å². The van der Waals surface area contributed by atoms with Crippen molar-refractivity contribution in [1.82, 2.24) is 29.8 Å². The third kappa shape index (κ3) is 1.74. The van der Waals surface area contributed by atoms with Gasteiger partial charge in [-0.3, -0.25) is 5.10 Å². The summed E-state index contributed by atoms with van der Waals surface area (Å²) in [6, 6.07) is 3.79. The molecule has 4 rings (SSSR count). The lowest BCUT2D eigenvalue weighted by Crippen LogP contribution is -1.99. The number of nitrogens with zero attached hydrogens (tertiary/aromatic N) is 5. The summed E-state index contributed by atoms with van der Waals surface area (Å²) in [6.07, 6.45) is 1.72. The molecule has 0 saturated carbocycles. The maximum absolute atomic E-state index is 5.69. The van der Waals surface area contributed by atoms with Crippen molar-refractivity contribution in [2.75, 3.05) is 0 Å². The SMILES string of the molecule is Cc1ccc(-c2nc3[nH]ncc3c3nc(C(C)C)nn23)o1. The van der Waals surface area contributed by atoms with E-state index in [2.05, 4.69) is 39.1 Å². The van der Waals surface area contributed by atoms with Gasteiger partial charge in [0.1, 0.15) is 5.76 Å². The van der Waals surface area contributed by atoms with Gasteiger partial charge in [0.05, 0.1) is 11.6 Å². The van der Waals surface area contributed by atoms with Gasteiger partial charge in [0, 0.05) is 5.92 Å². The molecule has 4 aromatic rings. The van der Waals surface area contributed by atoms with Crippen molar-refractivity contribution >= 4 is 16.7 Å². The Hall–Kier alpha value is -2.70. The van der Waals surface area contributed by atoms with Crippen molar-refractivity contribution in [3.05, 3.63) is 29.9 Å². The number of furan rings is 1. The summed E-state index contributed by atoms with van der Waals surface area (Å²) in [5.74, 6) is 3.12. The minimum absolute atomic E-state index is 0.234. The van der Waals surface area contributed by atoms with E-state index in [9.17, 15) is 0 Å². The minimum atomic E-state index is 0.234. The topological polar surface area (TPSA) is 84.9 Å². The summed E-state index contributed by atoms with van der Waals surface area (Å²) in [7, 11) is 0. The predicted octanol–water partition coefficient (Wildman–Crippen LogP) is 2.69. The zero-order chi connectivity index (χ0) is 14.6. The Labute approximate surface area is 120 Å². The Bertz CT molecular complexity index is 945. The van der Waals surface area contributed by atoms with Gasteiger partial charge in [-0.1, -0.05) is 13.8 Å². The van der Waals surface area contributed by atoms with Crippen LogP contribution < -0.4 is 0 Å². The van der Waals surface area contributed by atoms with E-state index < -0.39 is 0 Å². The van der Waals surface area contributed by atoms with Gasteiger partial charge in [0.15, 0.2) is 22.9 Å². The molecule has 4 heterocycles. The third-order valence-electron chi connectivity index (χ3n) is 3.38. The molecule has 0 aliphatic heterocycles. The molecule has 0 aromatic carbocycles. The van der Waals surface area contributed by atoms with Gasteiger partial charge >= 0.3 is 0 Å². The van der Waals surface area contributed by atoms with Gasteiger partial charge in [0.25, 0.3) is 0 Å². The number of aromatic amines is 1. The Kier molecular flexibility index (Phi) is 2.38. The van der Waals surface area contributed by atoms with E-state index in [0.717, 1.165) is 22.6 Å². The Morgan fingerprint density at radius 1 is 1.24 bits per heavy atom. The van der Waals surface area contributed by atoms with Crippen molar-refractivity contribution in [2.45, 2.75) is 26.7 Å². The normalized spacial score (nSPS) is 12.0. The van der Waals surface area contributed by atoms with Gasteiger partial charge in [-0.25, -0.2) is 9.97 Å². The molecule has 7 nitrogen and oxygen atoms in total. The zero-order valence-corrected chi connectivity index (χ0v) is 12.0. The summed E-state index contributed by atoms with van der Waals surface area (Å²) < 4.78 is 7.42. The van der Waals surface area contributed by atoms with Crippen molar-refractivity contribution < 1.29 is 4.42 Å². The second-order valence-electron chi connectivity index (χ2n) is 5.34. The number of hydrogen-bond acceptors (Lipinski definition) is 5. The van der Waals surface area contributed by atoms with Crippen LogP contribution in [0.5, 0.6) is 0 Å². The van der Waals surface area contributed by atoms with E-state index in [4.69, 9.17) is 4.42 Å². The Morgan fingerprint density at radius 3 is 2.81 bits per heavy atom. The Morgan fingerprint density at radius 2 is 2.10 bits per heavy atom. The van der Waals surface area contributed by atoms with Crippen molar-refractivity contribution in [1.29, 1.82) is 0 Å². The number of H-pyrrole nitrogens is 1. The quantitative estimate of drug-likeness (QED) is 0.611. The fraction of sp³-hybridized carbons (Fsp3) is 0.286. The maximum atomic E-state index is 5.69. The molecule has 1 N–H and O–H groups in total. The van der Waals surface area contributed by atoms with Crippen LogP contribution in [-0.2, 0) is 0 Å². The number of hydrogen-bond donors (Lipinski definition) is 1. The van der Waals surface area contributed by atoms with E-state index in [-0.39, 0.29) is 5.92 Å². The van der Waals surface area contributed by atoms with Gasteiger partial charge in [-0.15, -0.1) is 5.10 Å². The molecule has 4 aromatic heterocycles. The van der Waals surface area contributed by atoms with Gasteiger partial charge in [-0.2, -0.15) is 9.61 Å². The molecule has 0 radical (unpaired) electrons. The first-order chi connectivity index (χ1) is 10.1. The predicted molar refractivity (Wildman–Crippen MR) is 77.0 cm³/mol. The lowest BCUT2D eigenvalue weighted by Gasteiger charge is -2.00. The van der Waals surface area contributed by atoms with Crippen molar-refractivity contribution in [2.24, 2.45) is 0 Å². The summed E-state index contributed by atoms with van der Waals surface area (Å²) in [5, 5.41) is 12.3. The second kappa shape index (κ2) is 4.15. The first-order valence-electron chi connectivity index (χ1n) is 6.80. The molecule has 0 spiro atoms. The molecule has 0 atom stereocenters. The molecule has 0 fully saturated rings. The number of rotatable bonds is 2. The van der Waals surface area contributed by atoms with Gasteiger partial charge in [0.2, 0.25) is 5.82 Å². The highest BCUT2D eigenvalue weighted by atomic mass is 16.3. The largest absolute Gasteiger partial charge is 0.458 e. The second-order valence-corrected chi connectivity index (χ2v) is 5.34. The zero-order valence-electron chi connectivity index (χ0n) is 12.0. The number of aromatic nitrogens is 6. The van der Waals surface area contributed by atoms with Crippen LogP contribution >= 0.6 is 0 Å². The molecule has 0 aliphatic carbocycles. The average molecular weight is 282 g/mol. The lowest BCUT2D eigenvalue weighted by atomic mass is 10.2. The van der Waals surface area contributed by atoms with Crippen LogP contribution in [0.15, 0.2) is 22.7 Å². The smallest absolute Gasteiger partial charge is 0.201 e. The van der Waals surface area contributed by atoms with Crippen LogP contribution in [0.3, 0.4) is 0 Å². The summed E-state index contributed by atoms with van der Waals surface area (Å²) >= 11 is 0. The number of nitrogens with one attached hydrogen (secondary N) is 1. The van der Waals surface area contributed by atoms with E-state index in [1.54, 1.807) is 10.7 Å². The molecule has 0 amide bonds. The van der Waals surface area contributed by atoms with E-state index in [1.165, 1.54) is 0 Å². The van der Waals surface area contributed by atoms with Crippen LogP contribution in [0.25, 0.3) is 28.3 Å². The number of fused-ring (bicyclic) bond motifs is 3. The fourth-order valence-corrected chi connectivity index (χ4v) is 2.29. The lowest BCUT2D eigenvalue weighted by molar-refractivity contribution is 0.541. The first-order valence-corrected chi connectivity index (χ1v) is 6.80. The monoisotopic (exact) mass is 282 g/mol. The molecule has 7 heteroatoms. The van der Waals surface area contributed by atoms with Crippen molar-refractivity contribution in [3.8, 4) is 11.6 Å². The summed E-state index contributed by atoms with van der Waals surface area (Å²) in [6.45, 7) is 6.02. The van der Waals surface area contributed by atoms with Gasteiger partial charge < -0.3 is 4.42 Å². The molecule has 0 saturated heterocycles. The summed E-state index contributed by atoms with van der Waals surface area (Å²) in [4.78, 5) is 9.18. The molecule has 106 valence electrons. The molecular formula is C14H14N6O. The van der Waals surface area contributed by atoms with Crippen LogP contribution in [0, 0.1) is 6.92 Å². The standard InChI is InChI=1S/C14H14N6O/c1-7(2)11-16-13-9-6-15-18-12(9)17-14(20(13)19-11)10-5-4-8(3)21-10/h4-7H,1-3H3,(H,15,18). The van der Waals surface area contributed by atoms with Crippen LogP contribution in [0.1, 0.15) is 31.4 Å². The highest BCUT2D eigenvalue weighted by molar-refractivity contribution is 5.89. The maximum Gasteiger partial charge on any atom is 0.201 e. The molecule has 0 aliphatic rings. The van der Waals surface area contributed by atoms with E-state index in [0.29, 0.717) is 17.2 Å². The van der Waals surface area contributed by atoms with Gasteiger partial charge in [-0.05, 0) is 19.1 Å². The average Bonchev–Trinajstić information content (AvgIpc) is 3.14. The van der Waals surface area contributed by atoms with E-state index >= 15 is 0 Å². The fourth-order valence-electron chi connectivity index (χ4n) is 2.29. The summed E-state index contributed by atoms with van der Waals surface area (Å²) in [5.41, 5.74) is 1.41. The highest BCUT2D eigenvalue weighted by Gasteiger charge is 2.18. The van der Waals surface area contributed by atoms with Crippen molar-refractivity contribution in [3.63, 3.8) is 0 Å². The number of aryl methyl sites for hydroxylation is 1. The van der Waals surface area contributed by atoms with Crippen LogP contribution in [0.4, 0.5) is 0 Å². The molecule has 0 unspecified atom stereocenters. The minimum Gasteiger partial charge on any atom is -0.458 e. The first kappa shape index (κ1) is 12.1. The Balaban J connectivity index is 2.11. The van der Waals surface area contributed by atoms with E-state index in [1.807, 2.05) is 19.1 Å². The molecule has 21 heavy (non-hydrogen) atoms. The van der Waals surface area contributed by atoms with Crippen LogP contribution in [0.2, 0.25) is 0 Å².